The Morgan fingerprint density at radius 2 is 2.00 bits per heavy atom. The van der Waals surface area contributed by atoms with Crippen molar-refractivity contribution in [2.24, 2.45) is 11.1 Å². The van der Waals surface area contributed by atoms with Crippen molar-refractivity contribution in [3.05, 3.63) is 35.4 Å². The lowest BCUT2D eigenvalue weighted by Gasteiger charge is -2.13. The fraction of sp³-hybridized carbons (Fsp3) is 0.364. The highest BCUT2D eigenvalue weighted by molar-refractivity contribution is 6.03. The van der Waals surface area contributed by atoms with Crippen LogP contribution in [0.15, 0.2) is 29.4 Å². The van der Waals surface area contributed by atoms with Gasteiger partial charge < -0.3 is 4.84 Å². The van der Waals surface area contributed by atoms with Crippen LogP contribution < -0.4 is 0 Å². The first-order chi connectivity index (χ1) is 7.50. The Kier molecular flexibility index (Phi) is 2.61. The molecule has 2 nitrogen and oxygen atoms in total. The molecular formula is C11H10F3NO. The van der Waals surface area contributed by atoms with Gasteiger partial charge >= 0.3 is 6.18 Å². The van der Waals surface area contributed by atoms with Gasteiger partial charge in [0, 0.05) is 11.5 Å². The third-order valence-corrected chi connectivity index (χ3v) is 2.46. The average Bonchev–Trinajstić information content (AvgIpc) is 2.63. The molecule has 0 saturated carbocycles. The van der Waals surface area contributed by atoms with Crippen LogP contribution in [0.5, 0.6) is 0 Å². The maximum atomic E-state index is 12.7. The van der Waals surface area contributed by atoms with Gasteiger partial charge in [-0.05, 0) is 6.07 Å². The molecule has 1 atom stereocenters. The topological polar surface area (TPSA) is 21.6 Å². The predicted molar refractivity (Wildman–Crippen MR) is 53.1 cm³/mol. The van der Waals surface area contributed by atoms with Gasteiger partial charge in [0.05, 0.1) is 11.3 Å². The zero-order chi connectivity index (χ0) is 11.8. The van der Waals surface area contributed by atoms with Crippen LogP contribution >= 0.6 is 0 Å². The molecular weight excluding hydrogens is 219 g/mol. The van der Waals surface area contributed by atoms with Crippen molar-refractivity contribution in [3.63, 3.8) is 0 Å². The number of halogens is 3. The van der Waals surface area contributed by atoms with Gasteiger partial charge in [0.2, 0.25) is 0 Å². The normalized spacial score (nSPS) is 20.5. The van der Waals surface area contributed by atoms with Crippen LogP contribution in [-0.4, -0.2) is 12.3 Å². The molecule has 1 aromatic carbocycles. The Bertz CT molecular complexity index is 425. The van der Waals surface area contributed by atoms with Gasteiger partial charge in [-0.3, -0.25) is 0 Å². The largest absolute Gasteiger partial charge is 0.417 e. The van der Waals surface area contributed by atoms with Crippen LogP contribution in [0.2, 0.25) is 0 Å². The van der Waals surface area contributed by atoms with E-state index < -0.39 is 11.7 Å². The summed E-state index contributed by atoms with van der Waals surface area (Å²) in [5.74, 6) is -0.108. The molecule has 1 unspecified atom stereocenters. The first-order valence-corrected chi connectivity index (χ1v) is 4.86. The lowest BCUT2D eigenvalue weighted by Crippen LogP contribution is -2.17. The highest BCUT2D eigenvalue weighted by Gasteiger charge is 2.36. The minimum Gasteiger partial charge on any atom is -0.395 e. The Hall–Kier alpha value is -1.52. The third kappa shape index (κ3) is 1.89. The quantitative estimate of drug-likeness (QED) is 0.725. The highest BCUT2D eigenvalue weighted by Crippen LogP contribution is 2.33. The van der Waals surface area contributed by atoms with Gasteiger partial charge in [0.15, 0.2) is 0 Å². The monoisotopic (exact) mass is 229 g/mol. The molecule has 1 aliphatic heterocycles. The summed E-state index contributed by atoms with van der Waals surface area (Å²) in [5.41, 5.74) is -0.181. The number of alkyl halides is 3. The van der Waals surface area contributed by atoms with E-state index >= 15 is 0 Å². The van der Waals surface area contributed by atoms with Crippen molar-refractivity contribution in [1.29, 1.82) is 0 Å². The SMILES string of the molecule is CC1CON=C1c1ccccc1C(F)(F)F. The summed E-state index contributed by atoms with van der Waals surface area (Å²) in [7, 11) is 0. The summed E-state index contributed by atoms with van der Waals surface area (Å²) in [4.78, 5) is 4.81. The number of rotatable bonds is 1. The van der Waals surface area contributed by atoms with E-state index in [0.29, 0.717) is 12.3 Å². The molecule has 0 saturated heterocycles. The third-order valence-electron chi connectivity index (χ3n) is 2.46. The summed E-state index contributed by atoms with van der Waals surface area (Å²) < 4.78 is 38.2. The standard InChI is InChI=1S/C11H10F3NO/c1-7-6-16-15-10(7)8-4-2-3-5-9(8)11(12,13)14/h2-5,7H,6H2,1H3. The minimum atomic E-state index is -4.36. The van der Waals surface area contributed by atoms with Crippen molar-refractivity contribution < 1.29 is 18.0 Å². The van der Waals surface area contributed by atoms with Gasteiger partial charge in [-0.2, -0.15) is 13.2 Å². The van der Waals surface area contributed by atoms with E-state index in [9.17, 15) is 13.2 Å². The number of benzene rings is 1. The van der Waals surface area contributed by atoms with E-state index in [1.54, 1.807) is 13.0 Å². The minimum absolute atomic E-state index is 0.108. The molecule has 86 valence electrons. The first-order valence-electron chi connectivity index (χ1n) is 4.86. The molecule has 0 amide bonds. The number of hydrogen-bond donors (Lipinski definition) is 0. The van der Waals surface area contributed by atoms with E-state index in [1.165, 1.54) is 12.1 Å². The molecule has 0 fully saturated rings. The fourth-order valence-electron chi connectivity index (χ4n) is 1.66. The Balaban J connectivity index is 2.49. The number of hydrogen-bond acceptors (Lipinski definition) is 2. The van der Waals surface area contributed by atoms with Gasteiger partial charge in [-0.25, -0.2) is 0 Å². The Morgan fingerprint density at radius 3 is 2.56 bits per heavy atom. The summed E-state index contributed by atoms with van der Waals surface area (Å²) >= 11 is 0. The summed E-state index contributed by atoms with van der Waals surface area (Å²) in [6.45, 7) is 2.13. The van der Waals surface area contributed by atoms with Gasteiger partial charge in [0.1, 0.15) is 6.61 Å². The van der Waals surface area contributed by atoms with Crippen LogP contribution in [0.1, 0.15) is 18.1 Å². The van der Waals surface area contributed by atoms with Crippen LogP contribution in [0.25, 0.3) is 0 Å². The fourth-order valence-corrected chi connectivity index (χ4v) is 1.66. The zero-order valence-electron chi connectivity index (χ0n) is 8.58. The maximum Gasteiger partial charge on any atom is 0.417 e. The molecule has 0 radical (unpaired) electrons. The van der Waals surface area contributed by atoms with Gasteiger partial charge in [-0.1, -0.05) is 30.3 Å². The molecule has 1 aliphatic rings. The average molecular weight is 229 g/mol. The molecule has 0 spiro atoms. The predicted octanol–water partition coefficient (Wildman–Crippen LogP) is 3.08. The molecule has 16 heavy (non-hydrogen) atoms. The lowest BCUT2D eigenvalue weighted by molar-refractivity contribution is -0.137. The van der Waals surface area contributed by atoms with Gasteiger partial charge in [-0.15, -0.1) is 0 Å². The Labute approximate surface area is 90.7 Å². The summed E-state index contributed by atoms with van der Waals surface area (Å²) in [6, 6.07) is 5.42. The second-order valence-electron chi connectivity index (χ2n) is 3.72. The second kappa shape index (κ2) is 3.81. The maximum absolute atomic E-state index is 12.7. The van der Waals surface area contributed by atoms with Crippen molar-refractivity contribution >= 4 is 5.71 Å². The zero-order valence-corrected chi connectivity index (χ0v) is 8.58. The van der Waals surface area contributed by atoms with Crippen molar-refractivity contribution in [3.8, 4) is 0 Å². The number of nitrogens with zero attached hydrogens (tertiary/aromatic N) is 1. The van der Waals surface area contributed by atoms with E-state index in [4.69, 9.17) is 4.84 Å². The molecule has 0 N–H and O–H groups in total. The summed E-state index contributed by atoms with van der Waals surface area (Å²) in [6.07, 6.45) is -4.36. The van der Waals surface area contributed by atoms with E-state index in [2.05, 4.69) is 5.16 Å². The smallest absolute Gasteiger partial charge is 0.395 e. The van der Waals surface area contributed by atoms with Crippen LogP contribution in [0.4, 0.5) is 13.2 Å². The van der Waals surface area contributed by atoms with Crippen LogP contribution in [0.3, 0.4) is 0 Å². The van der Waals surface area contributed by atoms with E-state index in [0.717, 1.165) is 6.07 Å². The molecule has 1 heterocycles. The molecule has 0 aliphatic carbocycles. The molecule has 0 aromatic heterocycles. The molecule has 0 bridgehead atoms. The molecule has 5 heteroatoms. The van der Waals surface area contributed by atoms with Crippen molar-refractivity contribution in [2.45, 2.75) is 13.1 Å². The lowest BCUT2D eigenvalue weighted by atomic mass is 9.95. The second-order valence-corrected chi connectivity index (χ2v) is 3.72. The number of oxime groups is 1. The van der Waals surface area contributed by atoms with Crippen molar-refractivity contribution in [2.75, 3.05) is 6.61 Å². The van der Waals surface area contributed by atoms with E-state index in [1.807, 2.05) is 0 Å². The van der Waals surface area contributed by atoms with E-state index in [-0.39, 0.29) is 11.5 Å². The molecule has 2 rings (SSSR count). The van der Waals surface area contributed by atoms with Crippen molar-refractivity contribution in [1.82, 2.24) is 0 Å². The van der Waals surface area contributed by atoms with Crippen LogP contribution in [0, 0.1) is 5.92 Å². The highest BCUT2D eigenvalue weighted by atomic mass is 19.4. The Morgan fingerprint density at radius 1 is 1.31 bits per heavy atom. The molecule has 1 aromatic rings. The summed E-state index contributed by atoms with van der Waals surface area (Å²) in [5, 5.41) is 3.68. The van der Waals surface area contributed by atoms with Gasteiger partial charge in [0.25, 0.3) is 0 Å². The first kappa shape index (κ1) is 11.0. The van der Waals surface area contributed by atoms with Crippen LogP contribution in [-0.2, 0) is 11.0 Å².